The van der Waals surface area contributed by atoms with E-state index in [1.54, 1.807) is 25.1 Å². The van der Waals surface area contributed by atoms with Gasteiger partial charge in [0.05, 0.1) is 30.8 Å². The summed E-state index contributed by atoms with van der Waals surface area (Å²) >= 11 is 0. The monoisotopic (exact) mass is 566 g/mol. The number of nitrogen functional groups attached to an aromatic ring is 1. The number of anilines is 1. The SMILES string of the molecule is CCOC(=O)C1CN(c2ccc(Oc3c(F)cnc(Oc4cc(C(=N)N)ccc4O)c3F)c(C3=NCCN3C)c2)C1. The summed E-state index contributed by atoms with van der Waals surface area (Å²) in [6.07, 6.45) is 0.739. The first-order chi connectivity index (χ1) is 19.7. The molecule has 1 fully saturated rings. The van der Waals surface area contributed by atoms with E-state index in [0.717, 1.165) is 11.9 Å². The highest BCUT2D eigenvalue weighted by molar-refractivity contribution is 6.03. The van der Waals surface area contributed by atoms with Crippen molar-refractivity contribution >= 4 is 23.3 Å². The predicted octanol–water partition coefficient (Wildman–Crippen LogP) is 3.63. The lowest BCUT2D eigenvalue weighted by atomic mass is 9.98. The van der Waals surface area contributed by atoms with E-state index in [9.17, 15) is 14.3 Å². The number of nitrogens with two attached hydrogens (primary N) is 1. The van der Waals surface area contributed by atoms with Crippen LogP contribution in [0.2, 0.25) is 0 Å². The quantitative estimate of drug-likeness (QED) is 0.201. The van der Waals surface area contributed by atoms with E-state index < -0.39 is 23.3 Å². The molecule has 3 aromatic rings. The Balaban J connectivity index is 1.45. The van der Waals surface area contributed by atoms with Crippen LogP contribution in [0.3, 0.4) is 0 Å². The number of phenols is 1. The number of hydrogen-bond donors (Lipinski definition) is 3. The molecular weight excluding hydrogens is 538 g/mol. The van der Waals surface area contributed by atoms with Gasteiger partial charge in [-0.25, -0.2) is 9.37 Å². The number of nitrogens with zero attached hydrogens (tertiary/aromatic N) is 4. The standard InChI is InChI=1S/C28H28F2N6O5/c1-3-39-28(38)16-13-36(14-16)17-5-7-21(18(11-17)26-33-8-9-35(26)2)40-24-19(29)12-34-27(23(24)30)41-22-10-15(25(31)32)4-6-20(22)37/h4-7,10-12,16,37H,3,8-9,13-14H2,1-2H3,(H3,31,32). The van der Waals surface area contributed by atoms with Crippen LogP contribution in [0.25, 0.3) is 0 Å². The zero-order valence-corrected chi connectivity index (χ0v) is 22.4. The molecule has 41 heavy (non-hydrogen) atoms. The van der Waals surface area contributed by atoms with Crippen LogP contribution >= 0.6 is 0 Å². The number of amidine groups is 2. The first kappa shape index (κ1) is 27.6. The van der Waals surface area contributed by atoms with Crippen molar-refractivity contribution in [2.45, 2.75) is 6.92 Å². The fourth-order valence-electron chi connectivity index (χ4n) is 4.48. The van der Waals surface area contributed by atoms with Gasteiger partial charge >= 0.3 is 5.97 Å². The number of benzene rings is 2. The largest absolute Gasteiger partial charge is 0.504 e. The van der Waals surface area contributed by atoms with E-state index in [-0.39, 0.29) is 40.5 Å². The molecule has 1 aromatic heterocycles. The molecule has 1 saturated heterocycles. The Labute approximate surface area is 234 Å². The third-order valence-corrected chi connectivity index (χ3v) is 6.72. The molecule has 11 nitrogen and oxygen atoms in total. The molecule has 13 heteroatoms. The first-order valence-corrected chi connectivity index (χ1v) is 12.8. The zero-order valence-electron chi connectivity index (χ0n) is 22.4. The average molecular weight is 567 g/mol. The smallest absolute Gasteiger partial charge is 0.312 e. The third-order valence-electron chi connectivity index (χ3n) is 6.72. The van der Waals surface area contributed by atoms with E-state index in [4.69, 9.17) is 25.4 Å². The number of halogens is 2. The highest BCUT2D eigenvalue weighted by Crippen LogP contribution is 2.39. The summed E-state index contributed by atoms with van der Waals surface area (Å²) < 4.78 is 46.7. The molecule has 214 valence electrons. The van der Waals surface area contributed by atoms with E-state index in [0.29, 0.717) is 44.2 Å². The van der Waals surface area contributed by atoms with Gasteiger partial charge in [-0.15, -0.1) is 0 Å². The van der Waals surface area contributed by atoms with Crippen molar-refractivity contribution in [3.63, 3.8) is 0 Å². The maximum Gasteiger partial charge on any atom is 0.312 e. The minimum atomic E-state index is -1.24. The number of carbonyl (C=O) groups is 1. The predicted molar refractivity (Wildman–Crippen MR) is 146 cm³/mol. The minimum absolute atomic E-state index is 0.139. The summed E-state index contributed by atoms with van der Waals surface area (Å²) in [5, 5.41) is 17.7. The van der Waals surface area contributed by atoms with Crippen LogP contribution in [0.15, 0.2) is 47.6 Å². The summed E-state index contributed by atoms with van der Waals surface area (Å²) in [6, 6.07) is 8.96. The number of phenolic OH excluding ortho intramolecular Hbond substituents is 1. The van der Waals surface area contributed by atoms with Gasteiger partial charge in [0.2, 0.25) is 11.6 Å². The van der Waals surface area contributed by atoms with Crippen molar-refractivity contribution in [2.75, 3.05) is 44.7 Å². The summed E-state index contributed by atoms with van der Waals surface area (Å²) in [7, 11) is 1.85. The van der Waals surface area contributed by atoms with Gasteiger partial charge in [0.25, 0.3) is 5.88 Å². The number of carbonyl (C=O) groups excluding carboxylic acids is 1. The molecular formula is C28H28F2N6O5. The average Bonchev–Trinajstić information content (AvgIpc) is 3.34. The molecule has 0 unspecified atom stereocenters. The van der Waals surface area contributed by atoms with Crippen LogP contribution in [-0.4, -0.2) is 72.5 Å². The van der Waals surface area contributed by atoms with Crippen molar-refractivity contribution in [3.05, 3.63) is 65.4 Å². The maximum atomic E-state index is 15.5. The minimum Gasteiger partial charge on any atom is -0.504 e. The van der Waals surface area contributed by atoms with Crippen LogP contribution in [0.1, 0.15) is 18.1 Å². The van der Waals surface area contributed by atoms with Crippen molar-refractivity contribution in [3.8, 4) is 28.9 Å². The molecule has 2 aliphatic rings. The zero-order chi connectivity index (χ0) is 29.3. The summed E-state index contributed by atoms with van der Waals surface area (Å²) in [6.45, 7) is 4.24. The number of rotatable bonds is 9. The molecule has 0 saturated carbocycles. The second-order valence-electron chi connectivity index (χ2n) is 9.52. The van der Waals surface area contributed by atoms with E-state index >= 15 is 4.39 Å². The number of hydrogen-bond acceptors (Lipinski definition) is 10. The Hall–Kier alpha value is -4.94. The molecule has 2 aliphatic heterocycles. The number of aliphatic imine (C=N–C) groups is 1. The lowest BCUT2D eigenvalue weighted by Gasteiger charge is -2.39. The molecule has 4 N–H and O–H groups in total. The Kier molecular flexibility index (Phi) is 7.60. The third kappa shape index (κ3) is 5.55. The first-order valence-electron chi connectivity index (χ1n) is 12.8. The highest BCUT2D eigenvalue weighted by Gasteiger charge is 2.35. The number of ether oxygens (including phenoxy) is 3. The molecule has 0 bridgehead atoms. The number of esters is 1. The van der Waals surface area contributed by atoms with Gasteiger partial charge in [-0.05, 0) is 43.3 Å². The van der Waals surface area contributed by atoms with E-state index in [1.807, 2.05) is 16.8 Å². The number of aromatic hydroxyl groups is 1. The molecule has 2 aromatic carbocycles. The van der Waals surface area contributed by atoms with Gasteiger partial charge in [0.1, 0.15) is 17.4 Å². The van der Waals surface area contributed by atoms with Gasteiger partial charge in [0, 0.05) is 37.9 Å². The van der Waals surface area contributed by atoms with Gasteiger partial charge in [-0.2, -0.15) is 4.39 Å². The Bertz CT molecular complexity index is 1540. The molecule has 3 heterocycles. The summed E-state index contributed by atoms with van der Waals surface area (Å²) in [4.78, 5) is 24.1. The molecule has 0 aliphatic carbocycles. The Morgan fingerprint density at radius 3 is 2.63 bits per heavy atom. The number of nitrogens with one attached hydrogen (secondary N) is 1. The number of likely N-dealkylation sites (N-methyl/N-ethyl adjacent to an activating group) is 1. The van der Waals surface area contributed by atoms with Gasteiger partial charge in [-0.3, -0.25) is 15.2 Å². The molecule has 0 spiro atoms. The molecule has 0 amide bonds. The highest BCUT2D eigenvalue weighted by atomic mass is 19.1. The van der Waals surface area contributed by atoms with Crippen molar-refractivity contribution in [1.29, 1.82) is 5.41 Å². The lowest BCUT2D eigenvalue weighted by molar-refractivity contribution is -0.148. The van der Waals surface area contributed by atoms with Crippen LogP contribution in [0.5, 0.6) is 28.9 Å². The lowest BCUT2D eigenvalue weighted by Crippen LogP contribution is -2.51. The fourth-order valence-corrected chi connectivity index (χ4v) is 4.48. The van der Waals surface area contributed by atoms with Crippen molar-refractivity contribution in [2.24, 2.45) is 16.6 Å². The van der Waals surface area contributed by atoms with E-state index in [2.05, 4.69) is 9.98 Å². The fraction of sp³-hybridized carbons (Fsp3) is 0.286. The number of pyridine rings is 1. The van der Waals surface area contributed by atoms with Gasteiger partial charge in [-0.1, -0.05) is 0 Å². The van der Waals surface area contributed by atoms with Gasteiger partial charge < -0.3 is 34.9 Å². The Morgan fingerprint density at radius 2 is 1.95 bits per heavy atom. The second kappa shape index (κ2) is 11.3. The maximum absolute atomic E-state index is 15.5. The number of aromatic nitrogens is 1. The Morgan fingerprint density at radius 1 is 1.17 bits per heavy atom. The van der Waals surface area contributed by atoms with Crippen molar-refractivity contribution < 1.29 is 32.9 Å². The van der Waals surface area contributed by atoms with Gasteiger partial charge in [0.15, 0.2) is 17.3 Å². The van der Waals surface area contributed by atoms with Crippen LogP contribution in [0, 0.1) is 23.0 Å². The molecule has 0 radical (unpaired) electrons. The van der Waals surface area contributed by atoms with E-state index in [1.165, 1.54) is 18.2 Å². The van der Waals surface area contributed by atoms with Crippen molar-refractivity contribution in [1.82, 2.24) is 9.88 Å². The topological polar surface area (TPSA) is 147 Å². The van der Waals surface area contributed by atoms with Crippen LogP contribution < -0.4 is 20.1 Å². The second-order valence-corrected chi connectivity index (χ2v) is 9.52. The van der Waals surface area contributed by atoms with Crippen LogP contribution in [-0.2, 0) is 9.53 Å². The van der Waals surface area contributed by atoms with Crippen LogP contribution in [0.4, 0.5) is 14.5 Å². The summed E-state index contributed by atoms with van der Waals surface area (Å²) in [5.41, 5.74) is 7.00. The summed E-state index contributed by atoms with van der Waals surface area (Å²) in [5.74, 6) is -4.37. The molecule has 5 rings (SSSR count). The molecule has 0 atom stereocenters. The normalized spacial score (nSPS) is 14.9.